The molecule has 8 nitrogen and oxygen atoms in total. The summed E-state index contributed by atoms with van der Waals surface area (Å²) in [4.78, 5) is 28.2. The molecule has 0 saturated carbocycles. The molecule has 0 heterocycles. The minimum absolute atomic E-state index is 0.0676. The van der Waals surface area contributed by atoms with Gasteiger partial charge in [-0.2, -0.15) is 0 Å². The highest BCUT2D eigenvalue weighted by atomic mass is 79.9. The van der Waals surface area contributed by atoms with Crippen LogP contribution in [0.2, 0.25) is 0 Å². The van der Waals surface area contributed by atoms with Crippen LogP contribution in [-0.4, -0.2) is 50.9 Å². The number of nitrogens with one attached hydrogen (secondary N) is 1. The molecule has 3 aromatic rings. The maximum atomic E-state index is 13.9. The van der Waals surface area contributed by atoms with E-state index >= 15 is 0 Å². The quantitative estimate of drug-likeness (QED) is 0.233. The van der Waals surface area contributed by atoms with Gasteiger partial charge in [0.2, 0.25) is 11.8 Å². The molecule has 0 spiro atoms. The van der Waals surface area contributed by atoms with Gasteiger partial charge in [0.15, 0.2) is 0 Å². The Morgan fingerprint density at radius 1 is 1.02 bits per heavy atom. The van der Waals surface area contributed by atoms with Crippen LogP contribution in [0.1, 0.15) is 39.2 Å². The highest BCUT2D eigenvalue weighted by molar-refractivity contribution is 9.10. The Labute approximate surface area is 249 Å². The molecular weight excluding hydrogens is 613 g/mol. The lowest BCUT2D eigenvalue weighted by Crippen LogP contribution is -2.51. The van der Waals surface area contributed by atoms with Gasteiger partial charge in [0.1, 0.15) is 24.2 Å². The third-order valence-corrected chi connectivity index (χ3v) is 8.64. The number of carbonyl (C=O) groups is 2. The molecule has 3 aromatic carbocycles. The van der Waals surface area contributed by atoms with Crippen molar-refractivity contribution in [2.24, 2.45) is 0 Å². The second-order valence-corrected chi connectivity index (χ2v) is 12.1. The van der Waals surface area contributed by atoms with Crippen LogP contribution in [0.4, 0.5) is 10.1 Å². The summed E-state index contributed by atoms with van der Waals surface area (Å²) in [7, 11) is -4.27. The zero-order valence-electron chi connectivity index (χ0n) is 23.3. The maximum Gasteiger partial charge on any atom is 0.264 e. The van der Waals surface area contributed by atoms with Gasteiger partial charge in [-0.15, -0.1) is 0 Å². The summed E-state index contributed by atoms with van der Waals surface area (Å²) in [5.74, 6) is -0.988. The summed E-state index contributed by atoms with van der Waals surface area (Å²) in [6, 6.07) is 17.1. The molecule has 0 saturated heterocycles. The molecule has 0 unspecified atom stereocenters. The number of benzene rings is 3. The number of anilines is 1. The number of nitrogens with zero attached hydrogens (tertiary/aromatic N) is 2. The van der Waals surface area contributed by atoms with Crippen molar-refractivity contribution < 1.29 is 27.1 Å². The van der Waals surface area contributed by atoms with Crippen molar-refractivity contribution in [3.05, 3.63) is 88.6 Å². The summed E-state index contributed by atoms with van der Waals surface area (Å²) in [6.07, 6.45) is 1.68. The molecule has 1 N–H and O–H groups in total. The van der Waals surface area contributed by atoms with Crippen molar-refractivity contribution in [3.8, 4) is 5.75 Å². The number of sulfonamides is 1. The molecule has 11 heteroatoms. The monoisotopic (exact) mass is 647 g/mol. The van der Waals surface area contributed by atoms with E-state index in [-0.39, 0.29) is 23.0 Å². The standard InChI is InChI=1S/C30H35BrFN3O5S/c1-4-6-18-33-30(37)22(3)34(20-23-8-7-9-24(31)19-23)29(36)21-35(26-12-10-25(32)11-13-26)41(38,39)28-16-14-27(15-17-28)40-5-2/h7-17,19,22H,4-6,18,20-21H2,1-3H3,(H,33,37)/t22-/m0/s1. The van der Waals surface area contributed by atoms with E-state index in [1.54, 1.807) is 6.92 Å². The number of carbonyl (C=O) groups excluding carboxylic acids is 2. The molecule has 0 aromatic heterocycles. The van der Waals surface area contributed by atoms with Gasteiger partial charge in [-0.25, -0.2) is 12.8 Å². The van der Waals surface area contributed by atoms with Gasteiger partial charge in [0.05, 0.1) is 17.2 Å². The van der Waals surface area contributed by atoms with Gasteiger partial charge >= 0.3 is 0 Å². The third-order valence-electron chi connectivity index (χ3n) is 6.36. The molecule has 0 radical (unpaired) electrons. The highest BCUT2D eigenvalue weighted by Gasteiger charge is 2.32. The number of amides is 2. The van der Waals surface area contributed by atoms with Crippen LogP contribution >= 0.6 is 15.9 Å². The average Bonchev–Trinajstić information content (AvgIpc) is 2.95. The molecule has 0 bridgehead atoms. The molecule has 2 amide bonds. The first-order chi connectivity index (χ1) is 19.6. The predicted molar refractivity (Wildman–Crippen MR) is 161 cm³/mol. The Balaban J connectivity index is 1.99. The topological polar surface area (TPSA) is 96.0 Å². The van der Waals surface area contributed by atoms with Crippen LogP contribution in [0, 0.1) is 5.82 Å². The SMILES string of the molecule is CCCCNC(=O)[C@H](C)N(Cc1cccc(Br)c1)C(=O)CN(c1ccc(F)cc1)S(=O)(=O)c1ccc(OCC)cc1. The fraction of sp³-hybridized carbons (Fsp3) is 0.333. The van der Waals surface area contributed by atoms with E-state index in [4.69, 9.17) is 4.74 Å². The fourth-order valence-electron chi connectivity index (χ4n) is 4.09. The molecule has 0 aliphatic carbocycles. The Kier molecular flexibility index (Phi) is 11.7. The van der Waals surface area contributed by atoms with Gasteiger partial charge in [-0.3, -0.25) is 13.9 Å². The van der Waals surface area contributed by atoms with Crippen molar-refractivity contribution in [1.82, 2.24) is 10.2 Å². The van der Waals surface area contributed by atoms with Gasteiger partial charge in [0.25, 0.3) is 10.0 Å². The maximum absolute atomic E-state index is 13.9. The summed E-state index contributed by atoms with van der Waals surface area (Å²) < 4.78 is 48.6. The van der Waals surface area contributed by atoms with E-state index in [1.807, 2.05) is 38.1 Å². The van der Waals surface area contributed by atoms with Gasteiger partial charge < -0.3 is 15.0 Å². The first-order valence-corrected chi connectivity index (χ1v) is 15.6. The van der Waals surface area contributed by atoms with Crippen LogP contribution in [0.3, 0.4) is 0 Å². The lowest BCUT2D eigenvalue weighted by Gasteiger charge is -2.32. The van der Waals surface area contributed by atoms with Crippen LogP contribution in [0.15, 0.2) is 82.2 Å². The number of ether oxygens (including phenoxy) is 1. The first-order valence-electron chi connectivity index (χ1n) is 13.4. The van der Waals surface area contributed by atoms with Crippen LogP contribution in [-0.2, 0) is 26.2 Å². The predicted octanol–water partition coefficient (Wildman–Crippen LogP) is 5.52. The van der Waals surface area contributed by atoms with Gasteiger partial charge in [0, 0.05) is 17.6 Å². The summed E-state index contributed by atoms with van der Waals surface area (Å²) in [5, 5.41) is 2.85. The summed E-state index contributed by atoms with van der Waals surface area (Å²) in [5.41, 5.74) is 0.861. The zero-order valence-corrected chi connectivity index (χ0v) is 25.8. The lowest BCUT2D eigenvalue weighted by molar-refractivity contribution is -0.139. The Morgan fingerprint density at radius 2 is 1.71 bits per heavy atom. The highest BCUT2D eigenvalue weighted by Crippen LogP contribution is 2.26. The molecule has 220 valence electrons. The molecule has 0 fully saturated rings. The third kappa shape index (κ3) is 8.77. The van der Waals surface area contributed by atoms with Crippen molar-refractivity contribution >= 4 is 43.5 Å². The zero-order chi connectivity index (χ0) is 30.0. The Hall–Kier alpha value is -3.44. The minimum Gasteiger partial charge on any atom is -0.494 e. The summed E-state index contributed by atoms with van der Waals surface area (Å²) >= 11 is 3.43. The van der Waals surface area contributed by atoms with Gasteiger partial charge in [-0.1, -0.05) is 41.4 Å². The number of hydrogen-bond acceptors (Lipinski definition) is 5. The average molecular weight is 649 g/mol. The van der Waals surface area contributed by atoms with Crippen LogP contribution < -0.4 is 14.4 Å². The van der Waals surface area contributed by atoms with Crippen molar-refractivity contribution in [1.29, 1.82) is 0 Å². The van der Waals surface area contributed by atoms with Crippen molar-refractivity contribution in [2.45, 2.75) is 51.1 Å². The molecule has 0 aliphatic rings. The second-order valence-electron chi connectivity index (χ2n) is 9.36. The van der Waals surface area contributed by atoms with E-state index in [0.29, 0.717) is 18.9 Å². The van der Waals surface area contributed by atoms with E-state index in [2.05, 4.69) is 21.2 Å². The van der Waals surface area contributed by atoms with Crippen LogP contribution in [0.5, 0.6) is 5.75 Å². The van der Waals surface area contributed by atoms with Gasteiger partial charge in [-0.05, 0) is 86.5 Å². The second kappa shape index (κ2) is 15.0. The van der Waals surface area contributed by atoms with E-state index in [1.165, 1.54) is 41.3 Å². The molecule has 1 atom stereocenters. The molecule has 3 rings (SSSR count). The number of hydrogen-bond donors (Lipinski definition) is 1. The molecule has 0 aliphatic heterocycles. The summed E-state index contributed by atoms with van der Waals surface area (Å²) in [6.45, 7) is 5.78. The Bertz CT molecular complexity index is 1420. The first kappa shape index (κ1) is 32.1. The normalized spacial score (nSPS) is 11.9. The number of unbranched alkanes of at least 4 members (excludes halogenated alkanes) is 1. The van der Waals surface area contributed by atoms with Crippen LogP contribution in [0.25, 0.3) is 0 Å². The molecular formula is C30H35BrFN3O5S. The van der Waals surface area contributed by atoms with Crippen molar-refractivity contribution in [3.63, 3.8) is 0 Å². The number of rotatable bonds is 14. The minimum atomic E-state index is -4.27. The fourth-order valence-corrected chi connectivity index (χ4v) is 5.95. The van der Waals surface area contributed by atoms with E-state index < -0.39 is 34.3 Å². The van der Waals surface area contributed by atoms with Crippen molar-refractivity contribution in [2.75, 3.05) is 24.0 Å². The number of halogens is 2. The van der Waals surface area contributed by atoms with E-state index in [9.17, 15) is 22.4 Å². The Morgan fingerprint density at radius 3 is 2.32 bits per heavy atom. The molecule has 41 heavy (non-hydrogen) atoms. The lowest BCUT2D eigenvalue weighted by atomic mass is 10.1. The smallest absolute Gasteiger partial charge is 0.264 e. The largest absolute Gasteiger partial charge is 0.494 e. The van der Waals surface area contributed by atoms with E-state index in [0.717, 1.165) is 39.3 Å².